The van der Waals surface area contributed by atoms with Gasteiger partial charge in [-0.15, -0.1) is 0 Å². The summed E-state index contributed by atoms with van der Waals surface area (Å²) in [6, 6.07) is 2.84. The van der Waals surface area contributed by atoms with Crippen LogP contribution in [-0.4, -0.2) is 72.1 Å². The zero-order chi connectivity index (χ0) is 22.6. The molecule has 0 aromatic carbocycles. The Morgan fingerprint density at radius 2 is 2.13 bits per heavy atom. The van der Waals surface area contributed by atoms with Gasteiger partial charge in [-0.05, 0) is 31.9 Å². The van der Waals surface area contributed by atoms with Crippen molar-refractivity contribution in [3.63, 3.8) is 0 Å². The van der Waals surface area contributed by atoms with E-state index in [1.54, 1.807) is 13.0 Å². The molecule has 1 aromatic heterocycles. The fourth-order valence-corrected chi connectivity index (χ4v) is 4.59. The van der Waals surface area contributed by atoms with Crippen LogP contribution in [0.5, 0.6) is 0 Å². The van der Waals surface area contributed by atoms with E-state index in [2.05, 4.69) is 10.3 Å². The number of carboxylic acids is 1. The fourth-order valence-electron chi connectivity index (χ4n) is 3.38. The average Bonchev–Trinajstić information content (AvgIpc) is 3.05. The number of carbonyl (C=O) groups is 1. The van der Waals surface area contributed by atoms with Crippen molar-refractivity contribution < 1.29 is 40.6 Å². The van der Waals surface area contributed by atoms with Crippen LogP contribution in [0.15, 0.2) is 18.3 Å². The van der Waals surface area contributed by atoms with Crippen molar-refractivity contribution >= 4 is 21.8 Å². The van der Waals surface area contributed by atoms with Crippen molar-refractivity contribution in [3.8, 4) is 0 Å². The van der Waals surface area contributed by atoms with Crippen LogP contribution in [-0.2, 0) is 19.6 Å². The highest BCUT2D eigenvalue weighted by Gasteiger charge is 2.45. The van der Waals surface area contributed by atoms with Gasteiger partial charge in [-0.3, -0.25) is 0 Å². The largest absolute Gasteiger partial charge is 0.490 e. The number of anilines is 1. The molecule has 1 spiro atoms. The number of carboxylic acid groups (broad SMARTS) is 1. The molecule has 3 rings (SSSR count). The summed E-state index contributed by atoms with van der Waals surface area (Å²) in [6.45, 7) is 3.01. The lowest BCUT2D eigenvalue weighted by atomic mass is 9.90. The molecule has 0 aliphatic carbocycles. The quantitative estimate of drug-likeness (QED) is 0.668. The number of nitrogens with one attached hydrogen (secondary N) is 1. The maximum Gasteiger partial charge on any atom is 0.490 e. The second-order valence-electron chi connectivity index (χ2n) is 7.01. The number of pyridine rings is 1. The molecule has 2 saturated heterocycles. The van der Waals surface area contributed by atoms with E-state index in [1.165, 1.54) is 16.6 Å². The minimum atomic E-state index is -5.08. The van der Waals surface area contributed by atoms with E-state index in [4.69, 9.17) is 14.6 Å². The summed E-state index contributed by atoms with van der Waals surface area (Å²) in [4.78, 5) is 12.9. The number of halogens is 4. The van der Waals surface area contributed by atoms with E-state index in [0.29, 0.717) is 26.1 Å². The van der Waals surface area contributed by atoms with Crippen LogP contribution in [0.3, 0.4) is 0 Å². The third-order valence-corrected chi connectivity index (χ3v) is 6.64. The van der Waals surface area contributed by atoms with Crippen molar-refractivity contribution in [2.24, 2.45) is 0 Å². The molecule has 170 valence electrons. The molecule has 8 nitrogen and oxygen atoms in total. The zero-order valence-electron chi connectivity index (χ0n) is 16.2. The Kier molecular flexibility index (Phi) is 7.64. The molecule has 0 saturated carbocycles. The molecule has 0 amide bonds. The number of nitrogens with zero attached hydrogens (tertiary/aromatic N) is 2. The molecule has 0 bridgehead atoms. The van der Waals surface area contributed by atoms with E-state index in [-0.39, 0.29) is 17.6 Å². The van der Waals surface area contributed by atoms with Gasteiger partial charge in [0.15, 0.2) is 11.6 Å². The second kappa shape index (κ2) is 9.43. The highest BCUT2D eigenvalue weighted by atomic mass is 32.2. The van der Waals surface area contributed by atoms with Crippen LogP contribution in [0.2, 0.25) is 0 Å². The normalized spacial score (nSPS) is 24.9. The predicted molar refractivity (Wildman–Crippen MR) is 98.9 cm³/mol. The van der Waals surface area contributed by atoms with Crippen molar-refractivity contribution in [2.45, 2.75) is 44.0 Å². The molecule has 3 heterocycles. The molecule has 2 N–H and O–H groups in total. The van der Waals surface area contributed by atoms with Crippen molar-refractivity contribution in [1.29, 1.82) is 0 Å². The number of hydrogen-bond acceptors (Lipinski definition) is 6. The summed E-state index contributed by atoms with van der Waals surface area (Å²) in [5.41, 5.74) is -0.469. The molecule has 2 atom stereocenters. The maximum atomic E-state index is 13.7. The van der Waals surface area contributed by atoms with Crippen LogP contribution in [0, 0.1) is 5.82 Å². The van der Waals surface area contributed by atoms with Crippen LogP contribution >= 0.6 is 0 Å². The zero-order valence-corrected chi connectivity index (χ0v) is 17.0. The lowest BCUT2D eigenvalue weighted by Gasteiger charge is -2.38. The first kappa shape index (κ1) is 24.3. The molecule has 2 aliphatic heterocycles. The summed E-state index contributed by atoms with van der Waals surface area (Å²) in [5.74, 6) is -2.84. The number of aromatic nitrogens is 1. The molecule has 0 radical (unpaired) electrons. The van der Waals surface area contributed by atoms with Crippen LogP contribution in [0.1, 0.15) is 26.2 Å². The lowest BCUT2D eigenvalue weighted by molar-refractivity contribution is -0.192. The molecule has 2 fully saturated rings. The van der Waals surface area contributed by atoms with Gasteiger partial charge in [0, 0.05) is 25.7 Å². The Morgan fingerprint density at radius 3 is 2.70 bits per heavy atom. The van der Waals surface area contributed by atoms with Gasteiger partial charge in [0.25, 0.3) is 0 Å². The summed E-state index contributed by atoms with van der Waals surface area (Å²) in [7, 11) is -3.21. The number of sulfonamides is 1. The van der Waals surface area contributed by atoms with Gasteiger partial charge in [0.05, 0.1) is 24.0 Å². The average molecular weight is 457 g/mol. The third kappa shape index (κ3) is 6.25. The number of alkyl halides is 3. The SMILES string of the molecule is CCS(=O)(=O)N1CCCC2(CC(Nc3ncccc3F)CO2)C1.O=C(O)C(F)(F)F. The Hall–Kier alpha value is -1.99. The summed E-state index contributed by atoms with van der Waals surface area (Å²) >= 11 is 0. The van der Waals surface area contributed by atoms with Crippen molar-refractivity contribution in [2.75, 3.05) is 30.8 Å². The van der Waals surface area contributed by atoms with Gasteiger partial charge in [-0.2, -0.15) is 17.5 Å². The fraction of sp³-hybridized carbons (Fsp3) is 0.647. The monoisotopic (exact) mass is 457 g/mol. The highest BCUT2D eigenvalue weighted by molar-refractivity contribution is 7.89. The smallest absolute Gasteiger partial charge is 0.475 e. The van der Waals surface area contributed by atoms with E-state index in [0.717, 1.165) is 12.8 Å². The van der Waals surface area contributed by atoms with Crippen molar-refractivity contribution in [1.82, 2.24) is 9.29 Å². The molecule has 2 unspecified atom stereocenters. The Labute approximate surface area is 171 Å². The van der Waals surface area contributed by atoms with Gasteiger partial charge in [0.1, 0.15) is 0 Å². The second-order valence-corrected chi connectivity index (χ2v) is 9.27. The number of piperidine rings is 1. The third-order valence-electron chi connectivity index (χ3n) is 4.81. The summed E-state index contributed by atoms with van der Waals surface area (Å²) in [6.07, 6.45) is -1.29. The molecular weight excluding hydrogens is 434 g/mol. The van der Waals surface area contributed by atoms with Gasteiger partial charge in [0.2, 0.25) is 10.0 Å². The highest BCUT2D eigenvalue weighted by Crippen LogP contribution is 2.36. The molecule has 1 aromatic rings. The van der Waals surface area contributed by atoms with Crippen LogP contribution in [0.4, 0.5) is 23.4 Å². The topological polar surface area (TPSA) is 109 Å². The summed E-state index contributed by atoms with van der Waals surface area (Å²) in [5, 5.41) is 10.2. The maximum absolute atomic E-state index is 13.7. The molecule has 30 heavy (non-hydrogen) atoms. The Bertz CT molecular complexity index is 852. The van der Waals surface area contributed by atoms with Crippen LogP contribution in [0.25, 0.3) is 0 Å². The standard InChI is InChI=1S/C15H22FN3O3S.C2HF3O2/c1-2-23(20,21)19-8-4-6-15(11-19)9-12(10-22-15)18-14-13(16)5-3-7-17-14;3-2(4,5)1(6)7/h3,5,7,12H,2,4,6,8-11H2,1H3,(H,17,18);(H,6,7). The Morgan fingerprint density at radius 1 is 1.47 bits per heavy atom. The number of rotatable bonds is 4. The first-order chi connectivity index (χ1) is 13.9. The van der Waals surface area contributed by atoms with E-state index < -0.39 is 33.6 Å². The first-order valence-electron chi connectivity index (χ1n) is 9.17. The van der Waals surface area contributed by atoms with Gasteiger partial charge in [-0.1, -0.05) is 0 Å². The minimum Gasteiger partial charge on any atom is -0.475 e. The van der Waals surface area contributed by atoms with Crippen molar-refractivity contribution in [3.05, 3.63) is 24.1 Å². The van der Waals surface area contributed by atoms with Gasteiger partial charge in [-0.25, -0.2) is 22.6 Å². The molecule has 2 aliphatic rings. The summed E-state index contributed by atoms with van der Waals surface area (Å²) < 4.78 is 77.1. The number of hydrogen-bond donors (Lipinski definition) is 2. The predicted octanol–water partition coefficient (Wildman–Crippen LogP) is 2.24. The Balaban J connectivity index is 0.000000396. The van der Waals surface area contributed by atoms with Crippen LogP contribution < -0.4 is 5.32 Å². The van der Waals surface area contributed by atoms with Gasteiger partial charge < -0.3 is 15.2 Å². The lowest BCUT2D eigenvalue weighted by Crippen LogP contribution is -2.50. The number of ether oxygens (including phenoxy) is 1. The number of aliphatic carboxylic acids is 1. The van der Waals surface area contributed by atoms with E-state index >= 15 is 0 Å². The van der Waals surface area contributed by atoms with E-state index in [1.807, 2.05) is 0 Å². The van der Waals surface area contributed by atoms with Gasteiger partial charge >= 0.3 is 12.1 Å². The molecule has 13 heteroatoms. The minimum absolute atomic E-state index is 0.0660. The first-order valence-corrected chi connectivity index (χ1v) is 10.8. The van der Waals surface area contributed by atoms with E-state index in [9.17, 15) is 26.0 Å². The molecular formula is C17H23F4N3O5S.